The zero-order valence-electron chi connectivity index (χ0n) is 10.4. The van der Waals surface area contributed by atoms with Crippen LogP contribution >= 0.6 is 11.8 Å². The lowest BCUT2D eigenvalue weighted by Gasteiger charge is -2.05. The highest BCUT2D eigenvalue weighted by atomic mass is 32.2. The molecule has 4 rings (SSSR count). The molecular weight excluding hydrogens is 268 g/mol. The van der Waals surface area contributed by atoms with Crippen LogP contribution in [0.1, 0.15) is 0 Å². The molecule has 96 valence electrons. The van der Waals surface area contributed by atoms with Gasteiger partial charge >= 0.3 is 0 Å². The highest BCUT2D eigenvalue weighted by Gasteiger charge is 2.09. The maximum atomic E-state index is 4.36. The van der Waals surface area contributed by atoms with Crippen molar-refractivity contribution in [2.24, 2.45) is 0 Å². The molecule has 2 aromatic heterocycles. The van der Waals surface area contributed by atoms with Crippen LogP contribution in [0.5, 0.6) is 0 Å². The molecule has 0 bridgehead atoms. The lowest BCUT2D eigenvalue weighted by molar-refractivity contribution is 1.09. The molecule has 20 heavy (non-hydrogen) atoms. The van der Waals surface area contributed by atoms with E-state index in [1.807, 2.05) is 0 Å². The standard InChI is InChI=1S/C15H10N4S/c1-2-6-11-10(4-1)5-3-7-12(11)20-15-13-14(17-8-16-13)18-9-19-15/h1-9H,(H,16,17,18,19). The Morgan fingerprint density at radius 2 is 1.80 bits per heavy atom. The SMILES string of the molecule is c1ccc2c(Sc3ncnc4nc[nH]c34)cccc2c1. The second-order valence-corrected chi connectivity index (χ2v) is 5.39. The van der Waals surface area contributed by atoms with Gasteiger partial charge in [0.1, 0.15) is 16.9 Å². The molecule has 1 N–H and O–H groups in total. The summed E-state index contributed by atoms with van der Waals surface area (Å²) in [6, 6.07) is 14.6. The predicted octanol–water partition coefficient (Wildman–Crippen LogP) is 3.66. The Bertz CT molecular complexity index is 895. The lowest BCUT2D eigenvalue weighted by atomic mass is 10.1. The minimum Gasteiger partial charge on any atom is -0.341 e. The molecule has 5 heteroatoms. The number of benzene rings is 2. The number of H-pyrrole nitrogens is 1. The lowest BCUT2D eigenvalue weighted by Crippen LogP contribution is -1.86. The molecule has 0 saturated carbocycles. The third kappa shape index (κ3) is 1.83. The van der Waals surface area contributed by atoms with Gasteiger partial charge in [0.2, 0.25) is 0 Å². The Hall–Kier alpha value is -2.40. The topological polar surface area (TPSA) is 54.5 Å². The molecule has 0 radical (unpaired) electrons. The van der Waals surface area contributed by atoms with E-state index in [0.717, 1.165) is 10.5 Å². The summed E-state index contributed by atoms with van der Waals surface area (Å²) >= 11 is 1.63. The van der Waals surface area contributed by atoms with E-state index in [4.69, 9.17) is 0 Å². The van der Waals surface area contributed by atoms with E-state index in [9.17, 15) is 0 Å². The average Bonchev–Trinajstić information content (AvgIpc) is 2.97. The van der Waals surface area contributed by atoms with E-state index in [2.05, 4.69) is 62.4 Å². The fourth-order valence-electron chi connectivity index (χ4n) is 2.21. The fourth-order valence-corrected chi connectivity index (χ4v) is 3.21. The molecular formula is C15H10N4S. The smallest absolute Gasteiger partial charge is 0.181 e. The van der Waals surface area contributed by atoms with Crippen LogP contribution in [0.3, 0.4) is 0 Å². The molecule has 4 nitrogen and oxygen atoms in total. The molecule has 2 heterocycles. The molecule has 0 saturated heterocycles. The second-order valence-electron chi connectivity index (χ2n) is 4.36. The van der Waals surface area contributed by atoms with Crippen LogP contribution in [0.2, 0.25) is 0 Å². The summed E-state index contributed by atoms with van der Waals surface area (Å²) in [5.74, 6) is 0. The molecule has 0 amide bonds. The Balaban J connectivity index is 1.87. The summed E-state index contributed by atoms with van der Waals surface area (Å²) in [5.41, 5.74) is 1.58. The predicted molar refractivity (Wildman–Crippen MR) is 79.8 cm³/mol. The van der Waals surface area contributed by atoms with E-state index >= 15 is 0 Å². The number of imidazole rings is 1. The number of nitrogens with zero attached hydrogens (tertiary/aromatic N) is 3. The summed E-state index contributed by atoms with van der Waals surface area (Å²) in [6.07, 6.45) is 3.20. The van der Waals surface area contributed by atoms with Gasteiger partial charge in [-0.15, -0.1) is 0 Å². The first kappa shape index (κ1) is 11.4. The molecule has 0 atom stereocenters. The van der Waals surface area contributed by atoms with E-state index in [0.29, 0.717) is 5.65 Å². The summed E-state index contributed by atoms with van der Waals surface area (Å²) in [5, 5.41) is 3.35. The Kier molecular flexibility index (Phi) is 2.63. The van der Waals surface area contributed by atoms with E-state index < -0.39 is 0 Å². The van der Waals surface area contributed by atoms with Crippen LogP contribution in [0.25, 0.3) is 21.9 Å². The quantitative estimate of drug-likeness (QED) is 0.569. The van der Waals surface area contributed by atoms with Crippen LogP contribution in [-0.2, 0) is 0 Å². The Labute approximate surface area is 119 Å². The van der Waals surface area contributed by atoms with Crippen molar-refractivity contribution in [1.29, 1.82) is 0 Å². The van der Waals surface area contributed by atoms with Crippen molar-refractivity contribution in [3.05, 3.63) is 55.1 Å². The second kappa shape index (κ2) is 4.61. The van der Waals surface area contributed by atoms with Crippen molar-refractivity contribution < 1.29 is 0 Å². The van der Waals surface area contributed by atoms with Crippen LogP contribution < -0.4 is 0 Å². The van der Waals surface area contributed by atoms with E-state index in [1.54, 1.807) is 24.4 Å². The molecule has 0 spiro atoms. The number of fused-ring (bicyclic) bond motifs is 2. The molecule has 0 aliphatic rings. The van der Waals surface area contributed by atoms with Crippen LogP contribution in [-0.4, -0.2) is 19.9 Å². The summed E-state index contributed by atoms with van der Waals surface area (Å²) in [4.78, 5) is 16.9. The van der Waals surface area contributed by atoms with E-state index in [1.165, 1.54) is 15.7 Å². The van der Waals surface area contributed by atoms with Gasteiger partial charge in [0, 0.05) is 4.90 Å². The van der Waals surface area contributed by atoms with Gasteiger partial charge in [0.05, 0.1) is 6.33 Å². The normalized spacial score (nSPS) is 11.2. The van der Waals surface area contributed by atoms with Crippen LogP contribution in [0, 0.1) is 0 Å². The Morgan fingerprint density at radius 1 is 0.900 bits per heavy atom. The Morgan fingerprint density at radius 3 is 2.80 bits per heavy atom. The van der Waals surface area contributed by atoms with Gasteiger partial charge in [0.15, 0.2) is 5.65 Å². The maximum absolute atomic E-state index is 4.36. The number of hydrogen-bond acceptors (Lipinski definition) is 4. The van der Waals surface area contributed by atoms with Gasteiger partial charge in [-0.1, -0.05) is 48.2 Å². The highest BCUT2D eigenvalue weighted by Crippen LogP contribution is 2.34. The van der Waals surface area contributed by atoms with Gasteiger partial charge < -0.3 is 4.98 Å². The summed E-state index contributed by atoms with van der Waals surface area (Å²) in [7, 11) is 0. The zero-order valence-corrected chi connectivity index (χ0v) is 11.3. The third-order valence-corrected chi connectivity index (χ3v) is 4.22. The van der Waals surface area contributed by atoms with Crippen molar-refractivity contribution in [3.63, 3.8) is 0 Å². The van der Waals surface area contributed by atoms with Crippen LogP contribution in [0.15, 0.2) is 65.0 Å². The van der Waals surface area contributed by atoms with Crippen molar-refractivity contribution in [3.8, 4) is 0 Å². The van der Waals surface area contributed by atoms with Gasteiger partial charge in [-0.25, -0.2) is 15.0 Å². The first-order valence-corrected chi connectivity index (χ1v) is 7.03. The number of nitrogens with one attached hydrogen (secondary N) is 1. The summed E-state index contributed by atoms with van der Waals surface area (Å²) in [6.45, 7) is 0. The number of aromatic amines is 1. The van der Waals surface area contributed by atoms with Crippen molar-refractivity contribution >= 4 is 33.7 Å². The molecule has 0 unspecified atom stereocenters. The highest BCUT2D eigenvalue weighted by molar-refractivity contribution is 7.99. The minimum absolute atomic E-state index is 0.697. The molecule has 4 aromatic rings. The largest absolute Gasteiger partial charge is 0.341 e. The van der Waals surface area contributed by atoms with Gasteiger partial charge in [-0.2, -0.15) is 0 Å². The van der Waals surface area contributed by atoms with Gasteiger partial charge in [0.25, 0.3) is 0 Å². The third-order valence-electron chi connectivity index (χ3n) is 3.14. The number of rotatable bonds is 2. The zero-order chi connectivity index (χ0) is 13.4. The monoisotopic (exact) mass is 278 g/mol. The van der Waals surface area contributed by atoms with Crippen molar-refractivity contribution in [2.75, 3.05) is 0 Å². The molecule has 0 aliphatic carbocycles. The van der Waals surface area contributed by atoms with Crippen LogP contribution in [0.4, 0.5) is 0 Å². The molecule has 0 fully saturated rings. The van der Waals surface area contributed by atoms with E-state index in [-0.39, 0.29) is 0 Å². The molecule has 2 aromatic carbocycles. The molecule has 0 aliphatic heterocycles. The maximum Gasteiger partial charge on any atom is 0.181 e. The van der Waals surface area contributed by atoms with Crippen molar-refractivity contribution in [2.45, 2.75) is 9.92 Å². The number of hydrogen-bond donors (Lipinski definition) is 1. The van der Waals surface area contributed by atoms with Gasteiger partial charge in [-0.05, 0) is 16.8 Å². The number of aromatic nitrogens is 4. The first-order chi connectivity index (χ1) is 9.92. The summed E-state index contributed by atoms with van der Waals surface area (Å²) < 4.78 is 0. The fraction of sp³-hybridized carbons (Fsp3) is 0. The first-order valence-electron chi connectivity index (χ1n) is 6.21. The van der Waals surface area contributed by atoms with Gasteiger partial charge in [-0.3, -0.25) is 0 Å². The minimum atomic E-state index is 0.697. The van der Waals surface area contributed by atoms with Crippen molar-refractivity contribution in [1.82, 2.24) is 19.9 Å². The average molecular weight is 278 g/mol.